The summed E-state index contributed by atoms with van der Waals surface area (Å²) in [6.45, 7) is 2.33. The third-order valence-corrected chi connectivity index (χ3v) is 6.46. The highest BCUT2D eigenvalue weighted by molar-refractivity contribution is 5.69. The summed E-state index contributed by atoms with van der Waals surface area (Å²) in [5, 5.41) is 23.1. The number of nitrogens with one attached hydrogen (secondary N) is 1. The van der Waals surface area contributed by atoms with E-state index in [1.54, 1.807) is 18.6 Å². The van der Waals surface area contributed by atoms with Crippen LogP contribution in [0.2, 0.25) is 0 Å². The Hall–Kier alpha value is -2.93. The van der Waals surface area contributed by atoms with Crippen molar-refractivity contribution in [2.75, 3.05) is 11.9 Å². The number of imidazole rings is 1. The van der Waals surface area contributed by atoms with Crippen LogP contribution in [0.4, 0.5) is 5.82 Å². The Labute approximate surface area is 170 Å². The quantitative estimate of drug-likeness (QED) is 0.713. The van der Waals surface area contributed by atoms with Crippen molar-refractivity contribution in [3.63, 3.8) is 0 Å². The molecule has 1 aromatic carbocycles. The van der Waals surface area contributed by atoms with Crippen LogP contribution >= 0.6 is 0 Å². The summed E-state index contributed by atoms with van der Waals surface area (Å²) < 4.78 is 1.85. The smallest absolute Gasteiger partial charge is 0.151 e. The zero-order valence-corrected chi connectivity index (χ0v) is 16.8. The molecule has 2 aromatic heterocycles. The van der Waals surface area contributed by atoms with Crippen LogP contribution < -0.4 is 10.2 Å². The van der Waals surface area contributed by atoms with Gasteiger partial charge in [0.1, 0.15) is 5.75 Å². The van der Waals surface area contributed by atoms with Crippen molar-refractivity contribution in [3.05, 3.63) is 49.1 Å². The van der Waals surface area contributed by atoms with E-state index in [0.717, 1.165) is 24.3 Å². The Morgan fingerprint density at radius 1 is 1.24 bits per heavy atom. The maximum atomic E-state index is 10.5. The van der Waals surface area contributed by atoms with Gasteiger partial charge in [0, 0.05) is 48.7 Å². The lowest BCUT2D eigenvalue weighted by molar-refractivity contribution is 0.266. The van der Waals surface area contributed by atoms with E-state index < -0.39 is 0 Å². The first-order chi connectivity index (χ1) is 14.0. The molecule has 2 saturated heterocycles. The van der Waals surface area contributed by atoms with Gasteiger partial charge in [-0.2, -0.15) is 0 Å². The number of nitrogens with zero attached hydrogens (tertiary/aromatic N) is 5. The number of phenolic OH excluding ortho intramolecular Hbond substituents is 1. The molecule has 0 saturated carbocycles. The molecular weight excluding hydrogens is 364 g/mol. The number of hydrogen-bond donors (Lipinski definition) is 2. The lowest BCUT2D eigenvalue weighted by atomic mass is 9.88. The molecule has 5 rings (SSSR count). The highest BCUT2D eigenvalue weighted by Crippen LogP contribution is 2.38. The van der Waals surface area contributed by atoms with E-state index in [1.807, 2.05) is 35.0 Å². The van der Waals surface area contributed by atoms with Crippen LogP contribution in [0.3, 0.4) is 0 Å². The summed E-state index contributed by atoms with van der Waals surface area (Å²) in [4.78, 5) is 6.30. The van der Waals surface area contributed by atoms with E-state index in [-0.39, 0.29) is 11.3 Å². The van der Waals surface area contributed by atoms with E-state index in [1.165, 1.54) is 12.8 Å². The van der Waals surface area contributed by atoms with Crippen molar-refractivity contribution >= 4 is 5.82 Å². The molecule has 0 radical (unpaired) electrons. The first-order valence-corrected chi connectivity index (χ1v) is 10.2. The Kier molecular flexibility index (Phi) is 4.28. The van der Waals surface area contributed by atoms with Crippen molar-refractivity contribution in [2.24, 2.45) is 0 Å². The molecule has 2 N–H and O–H groups in total. The van der Waals surface area contributed by atoms with Crippen LogP contribution in [0, 0.1) is 0 Å². The summed E-state index contributed by atoms with van der Waals surface area (Å²) in [5.74, 6) is 1.05. The molecule has 7 nitrogen and oxygen atoms in total. The van der Waals surface area contributed by atoms with Gasteiger partial charge in [-0.1, -0.05) is 0 Å². The van der Waals surface area contributed by atoms with Crippen molar-refractivity contribution in [1.29, 1.82) is 0 Å². The summed E-state index contributed by atoms with van der Waals surface area (Å²) in [7, 11) is 2.11. The van der Waals surface area contributed by atoms with Gasteiger partial charge in [0.05, 0.1) is 17.7 Å². The fourth-order valence-corrected chi connectivity index (χ4v) is 4.85. The molecule has 0 unspecified atom stereocenters. The van der Waals surface area contributed by atoms with E-state index in [9.17, 15) is 5.11 Å². The fraction of sp³-hybridized carbons (Fsp3) is 0.409. The van der Waals surface area contributed by atoms with Gasteiger partial charge < -0.3 is 19.9 Å². The third-order valence-electron chi connectivity index (χ3n) is 6.46. The standard InChI is InChI=1S/C22H26N6O/c1-22-8-7-15(24-22)11-17(13-22)27(2)21-6-5-19(25-26-21)18-4-3-16(12-20(18)29)28-10-9-23-14-28/h3-6,9-10,12,14-15,17,24,29H,7-8,11,13H2,1-2H3/t15-,17-,22+/m1/s1. The molecule has 150 valence electrons. The Morgan fingerprint density at radius 3 is 2.83 bits per heavy atom. The first-order valence-electron chi connectivity index (χ1n) is 10.2. The highest BCUT2D eigenvalue weighted by atomic mass is 16.3. The number of rotatable bonds is 4. The summed E-state index contributed by atoms with van der Waals surface area (Å²) in [6.07, 6.45) is 10.0. The summed E-state index contributed by atoms with van der Waals surface area (Å²) in [6, 6.07) is 10.5. The number of fused-ring (bicyclic) bond motifs is 2. The van der Waals surface area contributed by atoms with E-state index in [0.29, 0.717) is 23.3 Å². The Morgan fingerprint density at radius 2 is 2.14 bits per heavy atom. The zero-order valence-electron chi connectivity index (χ0n) is 16.8. The van der Waals surface area contributed by atoms with Crippen molar-refractivity contribution in [2.45, 2.75) is 50.2 Å². The molecule has 4 heterocycles. The van der Waals surface area contributed by atoms with E-state index in [2.05, 4.69) is 39.4 Å². The maximum absolute atomic E-state index is 10.5. The maximum Gasteiger partial charge on any atom is 0.151 e. The topological polar surface area (TPSA) is 79.1 Å². The summed E-state index contributed by atoms with van der Waals surface area (Å²) in [5.41, 5.74) is 2.43. The molecule has 0 spiro atoms. The van der Waals surface area contributed by atoms with Crippen molar-refractivity contribution in [1.82, 2.24) is 25.1 Å². The normalized spacial score (nSPS) is 25.9. The van der Waals surface area contributed by atoms with Crippen LogP contribution in [0.5, 0.6) is 5.75 Å². The molecule has 2 bridgehead atoms. The lowest BCUT2D eigenvalue weighted by Crippen LogP contribution is -2.53. The monoisotopic (exact) mass is 390 g/mol. The highest BCUT2D eigenvalue weighted by Gasteiger charge is 2.43. The molecule has 2 fully saturated rings. The number of aromatic hydroxyl groups is 1. The number of benzene rings is 1. The third kappa shape index (κ3) is 3.35. The molecule has 7 heteroatoms. The average Bonchev–Trinajstić information content (AvgIpc) is 3.35. The Bertz CT molecular complexity index is 1000. The largest absolute Gasteiger partial charge is 0.507 e. The van der Waals surface area contributed by atoms with Crippen LogP contribution in [-0.2, 0) is 0 Å². The van der Waals surface area contributed by atoms with Gasteiger partial charge >= 0.3 is 0 Å². The van der Waals surface area contributed by atoms with Gasteiger partial charge in [0.2, 0.25) is 0 Å². The second-order valence-electron chi connectivity index (χ2n) is 8.59. The lowest BCUT2D eigenvalue weighted by Gasteiger charge is -2.41. The summed E-state index contributed by atoms with van der Waals surface area (Å²) >= 11 is 0. The molecular formula is C22H26N6O. The van der Waals surface area contributed by atoms with Crippen LogP contribution in [-0.4, -0.2) is 49.5 Å². The van der Waals surface area contributed by atoms with Crippen molar-refractivity contribution < 1.29 is 5.11 Å². The zero-order chi connectivity index (χ0) is 20.0. The van der Waals surface area contributed by atoms with Gasteiger partial charge in [0.15, 0.2) is 5.82 Å². The van der Waals surface area contributed by atoms with Crippen molar-refractivity contribution in [3.8, 4) is 22.7 Å². The number of anilines is 1. The average molecular weight is 390 g/mol. The van der Waals surface area contributed by atoms with Crippen LogP contribution in [0.1, 0.15) is 32.6 Å². The van der Waals surface area contributed by atoms with Crippen LogP contribution in [0.15, 0.2) is 49.1 Å². The predicted octanol–water partition coefficient (Wildman–Crippen LogP) is 3.14. The van der Waals surface area contributed by atoms with E-state index in [4.69, 9.17) is 0 Å². The molecule has 0 aliphatic carbocycles. The minimum absolute atomic E-state index is 0.175. The minimum Gasteiger partial charge on any atom is -0.507 e. The molecule has 0 amide bonds. The SMILES string of the molecule is CN(c1ccc(-c2ccc(-n3ccnc3)cc2O)nn1)[C@@H]1C[C@H]2CC[C@@](C)(C1)N2. The van der Waals surface area contributed by atoms with E-state index >= 15 is 0 Å². The predicted molar refractivity (Wildman–Crippen MR) is 112 cm³/mol. The second-order valence-corrected chi connectivity index (χ2v) is 8.59. The molecule has 29 heavy (non-hydrogen) atoms. The minimum atomic E-state index is 0.175. The van der Waals surface area contributed by atoms with Crippen LogP contribution in [0.25, 0.3) is 16.9 Å². The van der Waals surface area contributed by atoms with Gasteiger partial charge in [-0.15, -0.1) is 10.2 Å². The number of phenols is 1. The number of piperidine rings is 1. The first kappa shape index (κ1) is 18.1. The molecule has 2 aliphatic rings. The van der Waals surface area contributed by atoms with Gasteiger partial charge in [0.25, 0.3) is 0 Å². The number of aromatic nitrogens is 4. The molecule has 2 aliphatic heterocycles. The fourth-order valence-electron chi connectivity index (χ4n) is 4.85. The van der Waals surface area contributed by atoms with Gasteiger partial charge in [-0.3, -0.25) is 0 Å². The molecule has 3 atom stereocenters. The van der Waals surface area contributed by atoms with Gasteiger partial charge in [-0.25, -0.2) is 4.98 Å². The second kappa shape index (κ2) is 6.84. The Balaban J connectivity index is 1.35. The van der Waals surface area contributed by atoms with Gasteiger partial charge in [-0.05, 0) is 56.9 Å². The molecule has 3 aromatic rings. The number of hydrogen-bond acceptors (Lipinski definition) is 6.